The van der Waals surface area contributed by atoms with Crippen LogP contribution in [0.5, 0.6) is 0 Å². The van der Waals surface area contributed by atoms with Crippen molar-refractivity contribution in [3.8, 4) is 0 Å². The third-order valence-electron chi connectivity index (χ3n) is 5.26. The van der Waals surface area contributed by atoms with Gasteiger partial charge in [-0.1, -0.05) is 40.7 Å². The minimum Gasteiger partial charge on any atom is -0.324 e. The normalized spacial score (nSPS) is 20.8. The van der Waals surface area contributed by atoms with Crippen LogP contribution in [0.3, 0.4) is 0 Å². The molecule has 1 unspecified atom stereocenters. The fourth-order valence-corrected chi connectivity index (χ4v) is 3.44. The zero-order valence-electron chi connectivity index (χ0n) is 16.3. The number of pyridine rings is 1. The van der Waals surface area contributed by atoms with E-state index in [0.717, 1.165) is 29.7 Å². The van der Waals surface area contributed by atoms with Crippen LogP contribution in [0, 0.1) is 10.8 Å². The second-order valence-electron chi connectivity index (χ2n) is 9.23. The first-order chi connectivity index (χ1) is 11.5. The molecular formula is C20H30N4O. The first kappa shape index (κ1) is 17.9. The molecule has 0 saturated carbocycles. The van der Waals surface area contributed by atoms with Crippen molar-refractivity contribution in [1.29, 1.82) is 0 Å². The Bertz CT molecular complexity index is 893. The summed E-state index contributed by atoms with van der Waals surface area (Å²) in [4.78, 5) is 17.5. The van der Waals surface area contributed by atoms with Gasteiger partial charge in [0, 0.05) is 19.6 Å². The number of aromatic nitrogens is 3. The van der Waals surface area contributed by atoms with Gasteiger partial charge in [-0.05, 0) is 41.4 Å². The summed E-state index contributed by atoms with van der Waals surface area (Å²) in [7, 11) is 1.80. The summed E-state index contributed by atoms with van der Waals surface area (Å²) in [5, 5.41) is 0. The van der Waals surface area contributed by atoms with E-state index in [4.69, 9.17) is 10.7 Å². The largest absolute Gasteiger partial charge is 0.330 e. The van der Waals surface area contributed by atoms with Crippen LogP contribution in [-0.4, -0.2) is 20.2 Å². The van der Waals surface area contributed by atoms with Crippen molar-refractivity contribution < 1.29 is 0 Å². The first-order valence-corrected chi connectivity index (χ1v) is 9.02. The van der Waals surface area contributed by atoms with Gasteiger partial charge in [0.05, 0.1) is 11.2 Å². The monoisotopic (exact) mass is 342 g/mol. The Kier molecular flexibility index (Phi) is 4.18. The van der Waals surface area contributed by atoms with Crippen molar-refractivity contribution >= 4 is 16.7 Å². The molecule has 2 heterocycles. The van der Waals surface area contributed by atoms with Gasteiger partial charge in [-0.2, -0.15) is 0 Å². The molecule has 0 saturated heterocycles. The van der Waals surface area contributed by atoms with E-state index in [1.165, 1.54) is 5.57 Å². The number of allylic oxidation sites excluding steroid dienone is 1. The Balaban J connectivity index is 2.08. The number of nitrogens with two attached hydrogens (primary N) is 1. The highest BCUT2D eigenvalue weighted by Crippen LogP contribution is 2.37. The average molecular weight is 342 g/mol. The molecule has 1 aliphatic carbocycles. The minimum absolute atomic E-state index is 0.00923. The molecule has 1 aliphatic rings. The lowest BCUT2D eigenvalue weighted by molar-refractivity contribution is 0.292. The number of hydrogen-bond acceptors (Lipinski definition) is 3. The topological polar surface area (TPSA) is 65.8 Å². The van der Waals surface area contributed by atoms with Crippen LogP contribution in [-0.2, 0) is 13.6 Å². The van der Waals surface area contributed by atoms with E-state index in [2.05, 4.69) is 40.7 Å². The van der Waals surface area contributed by atoms with Crippen molar-refractivity contribution in [3.05, 3.63) is 34.4 Å². The highest BCUT2D eigenvalue weighted by molar-refractivity contribution is 5.76. The standard InChI is InChI=1S/C20H30N4O/c1-19(2,3)12-24-15-8-7-14(22-17(15)23(6)18(24)25)13-9-10-20(4,5)16(21)11-13/h7-8,11,16H,9-10,12,21H2,1-6H3. The van der Waals surface area contributed by atoms with Crippen molar-refractivity contribution in [2.75, 3.05) is 0 Å². The quantitative estimate of drug-likeness (QED) is 0.910. The van der Waals surface area contributed by atoms with Crippen molar-refractivity contribution in [1.82, 2.24) is 14.1 Å². The maximum atomic E-state index is 12.6. The van der Waals surface area contributed by atoms with Gasteiger partial charge in [0.25, 0.3) is 0 Å². The zero-order chi connectivity index (χ0) is 18.6. The summed E-state index contributed by atoms with van der Waals surface area (Å²) >= 11 is 0. The Morgan fingerprint density at radius 2 is 2.00 bits per heavy atom. The lowest BCUT2D eigenvalue weighted by Gasteiger charge is -2.34. The molecule has 1 atom stereocenters. The van der Waals surface area contributed by atoms with Crippen LogP contribution in [0.2, 0.25) is 0 Å². The molecule has 2 N–H and O–H groups in total. The molecule has 3 rings (SSSR count). The lowest BCUT2D eigenvalue weighted by atomic mass is 9.74. The highest BCUT2D eigenvalue weighted by atomic mass is 16.1. The highest BCUT2D eigenvalue weighted by Gasteiger charge is 2.30. The Morgan fingerprint density at radius 3 is 2.60 bits per heavy atom. The van der Waals surface area contributed by atoms with Crippen LogP contribution in [0.15, 0.2) is 23.0 Å². The minimum atomic E-state index is -0.00923. The summed E-state index contributed by atoms with van der Waals surface area (Å²) in [5.74, 6) is 0. The van der Waals surface area contributed by atoms with Crippen LogP contribution in [0.25, 0.3) is 16.7 Å². The summed E-state index contributed by atoms with van der Waals surface area (Å²) in [6.07, 6.45) is 4.15. The predicted molar refractivity (Wildman–Crippen MR) is 103 cm³/mol. The third-order valence-corrected chi connectivity index (χ3v) is 5.26. The van der Waals surface area contributed by atoms with Crippen LogP contribution in [0.4, 0.5) is 0 Å². The average Bonchev–Trinajstić information content (AvgIpc) is 2.73. The van der Waals surface area contributed by atoms with Crippen molar-refractivity contribution in [3.63, 3.8) is 0 Å². The summed E-state index contributed by atoms with van der Waals surface area (Å²) in [5.41, 5.74) is 10.2. The zero-order valence-corrected chi connectivity index (χ0v) is 16.3. The molecule has 0 radical (unpaired) electrons. The number of hydrogen-bond donors (Lipinski definition) is 1. The van der Waals surface area contributed by atoms with Crippen LogP contribution < -0.4 is 11.4 Å². The van der Waals surface area contributed by atoms with Gasteiger partial charge < -0.3 is 5.73 Å². The van der Waals surface area contributed by atoms with E-state index in [0.29, 0.717) is 6.54 Å². The van der Waals surface area contributed by atoms with E-state index in [9.17, 15) is 4.79 Å². The van der Waals surface area contributed by atoms with Gasteiger partial charge in [0.1, 0.15) is 0 Å². The fourth-order valence-electron chi connectivity index (χ4n) is 3.44. The van der Waals surface area contributed by atoms with Crippen molar-refractivity contribution in [2.24, 2.45) is 23.6 Å². The molecule has 2 aromatic heterocycles. The molecule has 0 amide bonds. The van der Waals surface area contributed by atoms with E-state index in [-0.39, 0.29) is 22.6 Å². The van der Waals surface area contributed by atoms with E-state index < -0.39 is 0 Å². The van der Waals surface area contributed by atoms with E-state index in [1.54, 1.807) is 11.6 Å². The maximum absolute atomic E-state index is 12.6. The number of nitrogens with zero attached hydrogens (tertiary/aromatic N) is 3. The molecule has 25 heavy (non-hydrogen) atoms. The van der Waals surface area contributed by atoms with E-state index >= 15 is 0 Å². The van der Waals surface area contributed by atoms with Gasteiger partial charge in [-0.3, -0.25) is 9.13 Å². The fraction of sp³-hybridized carbons (Fsp3) is 0.600. The Morgan fingerprint density at radius 1 is 1.32 bits per heavy atom. The second-order valence-corrected chi connectivity index (χ2v) is 9.23. The van der Waals surface area contributed by atoms with Gasteiger partial charge in [0.15, 0.2) is 5.65 Å². The molecular weight excluding hydrogens is 312 g/mol. The van der Waals surface area contributed by atoms with E-state index in [1.807, 2.05) is 16.7 Å². The molecule has 136 valence electrons. The van der Waals surface area contributed by atoms with Gasteiger partial charge in [-0.25, -0.2) is 9.78 Å². The number of imidazole rings is 1. The second kappa shape index (κ2) is 5.84. The summed E-state index contributed by atoms with van der Waals surface area (Å²) in [6.45, 7) is 11.5. The third kappa shape index (κ3) is 3.30. The van der Waals surface area contributed by atoms with Gasteiger partial charge >= 0.3 is 5.69 Å². The molecule has 0 bridgehead atoms. The predicted octanol–water partition coefficient (Wildman–Crippen LogP) is 3.31. The molecule has 5 heteroatoms. The van der Waals surface area contributed by atoms with Crippen LogP contribution in [0.1, 0.15) is 53.2 Å². The molecule has 0 aliphatic heterocycles. The Labute approximate surface area is 149 Å². The van der Waals surface area contributed by atoms with Crippen molar-refractivity contribution in [2.45, 2.75) is 60.0 Å². The number of rotatable bonds is 2. The van der Waals surface area contributed by atoms with Gasteiger partial charge in [0.2, 0.25) is 0 Å². The first-order valence-electron chi connectivity index (χ1n) is 9.02. The smallest absolute Gasteiger partial charge is 0.324 e. The molecule has 0 fully saturated rings. The molecule has 0 spiro atoms. The molecule has 5 nitrogen and oxygen atoms in total. The number of fused-ring (bicyclic) bond motifs is 1. The summed E-state index contributed by atoms with van der Waals surface area (Å²) in [6, 6.07) is 4.08. The number of aryl methyl sites for hydroxylation is 1. The van der Waals surface area contributed by atoms with Crippen LogP contribution >= 0.6 is 0 Å². The maximum Gasteiger partial charge on any atom is 0.330 e. The molecule has 0 aromatic carbocycles. The van der Waals surface area contributed by atoms with Gasteiger partial charge in [-0.15, -0.1) is 0 Å². The Hall–Kier alpha value is -1.88. The summed E-state index contributed by atoms with van der Waals surface area (Å²) < 4.78 is 3.48. The SMILES string of the molecule is Cn1c(=O)n(CC(C)(C)C)c2ccc(C3=CC(N)C(C)(C)CC3)nc21. The molecule has 2 aromatic rings. The lowest BCUT2D eigenvalue weighted by Crippen LogP contribution is -2.38.